The minimum Gasteiger partial charge on any atom is -0.328 e. The molecule has 5 N–H and O–H groups in total. The molecule has 1 aliphatic carbocycles. The van der Waals surface area contributed by atoms with Crippen molar-refractivity contribution in [3.8, 4) is 0 Å². The van der Waals surface area contributed by atoms with Crippen molar-refractivity contribution in [1.29, 1.82) is 0 Å². The van der Waals surface area contributed by atoms with Crippen LogP contribution in [0.25, 0.3) is 11.0 Å². The van der Waals surface area contributed by atoms with E-state index in [2.05, 4.69) is 21.4 Å². The van der Waals surface area contributed by atoms with Crippen molar-refractivity contribution < 1.29 is 0 Å². The third-order valence-corrected chi connectivity index (χ3v) is 3.88. The summed E-state index contributed by atoms with van der Waals surface area (Å²) in [7, 11) is 0. The molecule has 0 unspecified atom stereocenters. The van der Waals surface area contributed by atoms with Gasteiger partial charge >= 0.3 is 5.69 Å². The smallest absolute Gasteiger partial charge is 0.323 e. The van der Waals surface area contributed by atoms with Crippen LogP contribution in [0.4, 0.5) is 0 Å². The second kappa shape index (κ2) is 5.19. The lowest BCUT2D eigenvalue weighted by Gasteiger charge is -2.32. The van der Waals surface area contributed by atoms with E-state index in [1.54, 1.807) is 0 Å². The molecule has 3 rings (SSSR count). The average molecular weight is 260 g/mol. The minimum absolute atomic E-state index is 0.147. The molecule has 0 radical (unpaired) electrons. The summed E-state index contributed by atoms with van der Waals surface area (Å²) in [6, 6.07) is 6.48. The summed E-state index contributed by atoms with van der Waals surface area (Å²) in [5.41, 5.74) is 8.60. The quantitative estimate of drug-likeness (QED) is 0.598. The SMILES string of the molecule is NC1CC(CNCCc2ccc3[nH]c(=O)[nH]c3c2)C1. The highest BCUT2D eigenvalue weighted by Crippen LogP contribution is 2.24. The molecule has 1 heterocycles. The number of imidazole rings is 1. The second-order valence-electron chi connectivity index (χ2n) is 5.51. The van der Waals surface area contributed by atoms with Crippen molar-refractivity contribution in [2.24, 2.45) is 11.7 Å². The molecule has 1 saturated carbocycles. The van der Waals surface area contributed by atoms with Crippen molar-refractivity contribution >= 4 is 11.0 Å². The van der Waals surface area contributed by atoms with Crippen LogP contribution in [0, 0.1) is 5.92 Å². The molecule has 0 aliphatic heterocycles. The molecule has 1 aliphatic rings. The van der Waals surface area contributed by atoms with E-state index in [0.717, 1.165) is 49.3 Å². The maximum absolute atomic E-state index is 11.2. The summed E-state index contributed by atoms with van der Waals surface area (Å²) in [5.74, 6) is 0.763. The first-order valence-electron chi connectivity index (χ1n) is 6.88. The van der Waals surface area contributed by atoms with E-state index in [-0.39, 0.29) is 5.69 Å². The fourth-order valence-corrected chi connectivity index (χ4v) is 2.73. The summed E-state index contributed by atoms with van der Waals surface area (Å²) in [6.07, 6.45) is 3.29. The fraction of sp³-hybridized carbons (Fsp3) is 0.500. The number of hydrogen-bond acceptors (Lipinski definition) is 3. The second-order valence-corrected chi connectivity index (χ2v) is 5.51. The van der Waals surface area contributed by atoms with Gasteiger partial charge < -0.3 is 21.0 Å². The van der Waals surface area contributed by atoms with Gasteiger partial charge in [0, 0.05) is 6.04 Å². The van der Waals surface area contributed by atoms with E-state index in [1.807, 2.05) is 12.1 Å². The topological polar surface area (TPSA) is 86.7 Å². The van der Waals surface area contributed by atoms with Crippen LogP contribution in [0.3, 0.4) is 0 Å². The number of hydrogen-bond donors (Lipinski definition) is 4. The zero-order valence-electron chi connectivity index (χ0n) is 10.9. The number of fused-ring (bicyclic) bond motifs is 1. The number of benzene rings is 1. The Hall–Kier alpha value is -1.59. The van der Waals surface area contributed by atoms with Crippen molar-refractivity contribution in [1.82, 2.24) is 15.3 Å². The van der Waals surface area contributed by atoms with Gasteiger partial charge in [0.05, 0.1) is 11.0 Å². The van der Waals surface area contributed by atoms with Gasteiger partial charge in [-0.25, -0.2) is 4.79 Å². The van der Waals surface area contributed by atoms with Gasteiger partial charge in [0.25, 0.3) is 0 Å². The van der Waals surface area contributed by atoms with Gasteiger partial charge in [0.15, 0.2) is 0 Å². The summed E-state index contributed by atoms with van der Waals surface area (Å²) in [6.45, 7) is 2.03. The molecule has 0 atom stereocenters. The van der Waals surface area contributed by atoms with Crippen LogP contribution < -0.4 is 16.7 Å². The minimum atomic E-state index is -0.147. The Morgan fingerprint density at radius 3 is 2.84 bits per heavy atom. The number of aromatic amines is 2. The zero-order chi connectivity index (χ0) is 13.2. The Balaban J connectivity index is 1.49. The molecular weight excluding hydrogens is 240 g/mol. The summed E-state index contributed by atoms with van der Waals surface area (Å²) >= 11 is 0. The molecule has 5 nitrogen and oxygen atoms in total. The first kappa shape index (κ1) is 12.4. The van der Waals surface area contributed by atoms with Gasteiger partial charge in [-0.15, -0.1) is 0 Å². The van der Waals surface area contributed by atoms with E-state index >= 15 is 0 Å². The highest BCUT2D eigenvalue weighted by Gasteiger charge is 2.24. The molecule has 0 spiro atoms. The van der Waals surface area contributed by atoms with Gasteiger partial charge in [0.1, 0.15) is 0 Å². The Morgan fingerprint density at radius 2 is 2.05 bits per heavy atom. The van der Waals surface area contributed by atoms with E-state index in [1.165, 1.54) is 5.56 Å². The van der Waals surface area contributed by atoms with Gasteiger partial charge in [-0.1, -0.05) is 6.07 Å². The normalized spacial score (nSPS) is 22.6. The van der Waals surface area contributed by atoms with Crippen LogP contribution in [-0.4, -0.2) is 29.1 Å². The molecule has 5 heteroatoms. The van der Waals surface area contributed by atoms with Crippen LogP contribution in [0.5, 0.6) is 0 Å². The van der Waals surface area contributed by atoms with Crippen molar-refractivity contribution in [2.75, 3.05) is 13.1 Å². The van der Waals surface area contributed by atoms with Gasteiger partial charge in [-0.3, -0.25) is 0 Å². The molecule has 1 aromatic carbocycles. The number of H-pyrrole nitrogens is 2. The zero-order valence-corrected chi connectivity index (χ0v) is 10.9. The van der Waals surface area contributed by atoms with E-state index < -0.39 is 0 Å². The van der Waals surface area contributed by atoms with Crippen LogP contribution in [0.15, 0.2) is 23.0 Å². The summed E-state index contributed by atoms with van der Waals surface area (Å²) in [5, 5.41) is 3.47. The molecule has 102 valence electrons. The lowest BCUT2D eigenvalue weighted by Crippen LogP contribution is -2.41. The molecular formula is C14H20N4O. The van der Waals surface area contributed by atoms with Crippen molar-refractivity contribution in [3.05, 3.63) is 34.2 Å². The standard InChI is InChI=1S/C14H20N4O/c15-11-5-10(6-11)8-16-4-3-9-1-2-12-13(7-9)18-14(19)17-12/h1-2,7,10-11,16H,3-6,8,15H2,(H2,17,18,19). The lowest BCUT2D eigenvalue weighted by atomic mass is 9.81. The Labute approximate surface area is 111 Å². The maximum Gasteiger partial charge on any atom is 0.323 e. The summed E-state index contributed by atoms with van der Waals surface area (Å²) in [4.78, 5) is 16.7. The lowest BCUT2D eigenvalue weighted by molar-refractivity contribution is 0.257. The van der Waals surface area contributed by atoms with E-state index in [4.69, 9.17) is 5.73 Å². The number of rotatable bonds is 5. The Morgan fingerprint density at radius 1 is 1.26 bits per heavy atom. The highest BCUT2D eigenvalue weighted by atomic mass is 16.1. The van der Waals surface area contributed by atoms with Gasteiger partial charge in [-0.05, 0) is 56.0 Å². The molecule has 2 aromatic rings. The predicted octanol–water partition coefficient (Wildman–Crippen LogP) is 0.726. The molecule has 0 saturated heterocycles. The monoisotopic (exact) mass is 260 g/mol. The van der Waals surface area contributed by atoms with E-state index in [0.29, 0.717) is 6.04 Å². The third kappa shape index (κ3) is 2.88. The van der Waals surface area contributed by atoms with Gasteiger partial charge in [0.2, 0.25) is 0 Å². The predicted molar refractivity (Wildman–Crippen MR) is 76.2 cm³/mol. The van der Waals surface area contributed by atoms with Crippen LogP contribution in [0.2, 0.25) is 0 Å². The number of aromatic nitrogens is 2. The van der Waals surface area contributed by atoms with Crippen molar-refractivity contribution in [3.63, 3.8) is 0 Å². The Kier molecular flexibility index (Phi) is 3.40. The molecule has 1 fully saturated rings. The van der Waals surface area contributed by atoms with Crippen LogP contribution in [-0.2, 0) is 6.42 Å². The number of nitrogens with one attached hydrogen (secondary N) is 3. The van der Waals surface area contributed by atoms with Gasteiger partial charge in [-0.2, -0.15) is 0 Å². The highest BCUT2D eigenvalue weighted by molar-refractivity contribution is 5.74. The van der Waals surface area contributed by atoms with E-state index in [9.17, 15) is 4.79 Å². The molecule has 0 bridgehead atoms. The Bertz CT molecular complexity index is 609. The first-order valence-corrected chi connectivity index (χ1v) is 6.88. The number of nitrogens with two attached hydrogens (primary N) is 1. The summed E-state index contributed by atoms with van der Waals surface area (Å²) < 4.78 is 0. The molecule has 19 heavy (non-hydrogen) atoms. The molecule has 1 aromatic heterocycles. The maximum atomic E-state index is 11.2. The largest absolute Gasteiger partial charge is 0.328 e. The third-order valence-electron chi connectivity index (χ3n) is 3.88. The molecule has 0 amide bonds. The first-order chi connectivity index (χ1) is 9.20. The van der Waals surface area contributed by atoms with Crippen molar-refractivity contribution in [2.45, 2.75) is 25.3 Å². The van der Waals surface area contributed by atoms with Crippen LogP contribution in [0.1, 0.15) is 18.4 Å². The average Bonchev–Trinajstić information content (AvgIpc) is 2.71. The van der Waals surface area contributed by atoms with Crippen LogP contribution >= 0.6 is 0 Å². The fourth-order valence-electron chi connectivity index (χ4n) is 2.73.